The number of aromatic nitrogens is 1. The van der Waals surface area contributed by atoms with Crippen LogP contribution < -0.4 is 5.73 Å². The lowest BCUT2D eigenvalue weighted by Gasteiger charge is -2.07. The van der Waals surface area contributed by atoms with Crippen LogP contribution in [0.15, 0.2) is 58.6 Å². The maximum atomic E-state index is 11.3. The third-order valence-electron chi connectivity index (χ3n) is 3.36. The number of anilines is 1. The summed E-state index contributed by atoms with van der Waals surface area (Å²) in [4.78, 5) is 25.9. The van der Waals surface area contributed by atoms with Crippen molar-refractivity contribution < 1.29 is 9.85 Å². The quantitative estimate of drug-likeness (QED) is 0.434. The molecule has 0 bridgehead atoms. The molecule has 9 heteroatoms. The summed E-state index contributed by atoms with van der Waals surface area (Å²) in [7, 11) is 0. The molecule has 0 radical (unpaired) electrons. The number of nitro benzene ring substituents is 2. The average molecular weight is 342 g/mol. The van der Waals surface area contributed by atoms with E-state index in [1.54, 1.807) is 18.5 Å². The number of rotatable bonds is 4. The third-order valence-corrected chi connectivity index (χ3v) is 4.49. The molecule has 0 saturated heterocycles. The molecule has 1 aromatic heterocycles. The van der Waals surface area contributed by atoms with Gasteiger partial charge in [0.05, 0.1) is 20.8 Å². The lowest BCUT2D eigenvalue weighted by atomic mass is 10.2. The molecule has 0 saturated carbocycles. The molecule has 0 fully saturated rings. The lowest BCUT2D eigenvalue weighted by Crippen LogP contribution is -1.99. The van der Waals surface area contributed by atoms with Gasteiger partial charge in [0.2, 0.25) is 0 Å². The second-order valence-electron chi connectivity index (χ2n) is 4.85. The summed E-state index contributed by atoms with van der Waals surface area (Å²) in [5.74, 6) is 0. The highest BCUT2D eigenvalue weighted by atomic mass is 32.2. The normalized spacial score (nSPS) is 10.7. The Balaban J connectivity index is 2.14. The molecule has 0 aliphatic carbocycles. The van der Waals surface area contributed by atoms with Gasteiger partial charge < -0.3 is 5.73 Å². The van der Waals surface area contributed by atoms with Crippen molar-refractivity contribution >= 4 is 39.6 Å². The van der Waals surface area contributed by atoms with Crippen LogP contribution in [0.25, 0.3) is 10.8 Å². The van der Waals surface area contributed by atoms with E-state index in [0.29, 0.717) is 0 Å². The first-order valence-electron chi connectivity index (χ1n) is 6.70. The second-order valence-corrected chi connectivity index (χ2v) is 5.93. The fourth-order valence-corrected chi connectivity index (χ4v) is 3.36. The van der Waals surface area contributed by atoms with Gasteiger partial charge in [0.15, 0.2) is 0 Å². The number of fused-ring (bicyclic) bond motifs is 1. The van der Waals surface area contributed by atoms with Gasteiger partial charge in [-0.2, -0.15) is 0 Å². The van der Waals surface area contributed by atoms with Gasteiger partial charge in [-0.1, -0.05) is 23.9 Å². The monoisotopic (exact) mass is 342 g/mol. The van der Waals surface area contributed by atoms with Gasteiger partial charge in [0, 0.05) is 22.7 Å². The van der Waals surface area contributed by atoms with Crippen LogP contribution in [0.4, 0.5) is 17.1 Å². The zero-order chi connectivity index (χ0) is 17.3. The Morgan fingerprint density at radius 3 is 2.46 bits per heavy atom. The van der Waals surface area contributed by atoms with E-state index >= 15 is 0 Å². The van der Waals surface area contributed by atoms with Crippen LogP contribution in [0.5, 0.6) is 0 Å². The fourth-order valence-electron chi connectivity index (χ4n) is 2.26. The molecule has 2 aromatic carbocycles. The van der Waals surface area contributed by atoms with Crippen molar-refractivity contribution in [2.75, 3.05) is 5.73 Å². The molecule has 0 amide bonds. The summed E-state index contributed by atoms with van der Waals surface area (Å²) in [5.41, 5.74) is 4.72. The maximum absolute atomic E-state index is 11.3. The highest BCUT2D eigenvalue weighted by Gasteiger charge is 2.24. The van der Waals surface area contributed by atoms with E-state index in [4.69, 9.17) is 5.73 Å². The average Bonchev–Trinajstić information content (AvgIpc) is 2.54. The predicted octanol–water partition coefficient (Wildman–Crippen LogP) is 3.78. The predicted molar refractivity (Wildman–Crippen MR) is 90.0 cm³/mol. The van der Waals surface area contributed by atoms with E-state index in [0.717, 1.165) is 33.5 Å². The van der Waals surface area contributed by atoms with Gasteiger partial charge in [-0.05, 0) is 23.6 Å². The van der Waals surface area contributed by atoms with Crippen molar-refractivity contribution in [1.29, 1.82) is 0 Å². The number of nitrogens with two attached hydrogens (primary N) is 1. The van der Waals surface area contributed by atoms with Gasteiger partial charge >= 0.3 is 0 Å². The molecular formula is C15H10N4O4S. The summed E-state index contributed by atoms with van der Waals surface area (Å²) in [5, 5.41) is 24.0. The van der Waals surface area contributed by atoms with Crippen molar-refractivity contribution in [3.05, 3.63) is 69.0 Å². The van der Waals surface area contributed by atoms with E-state index in [1.165, 1.54) is 6.07 Å². The van der Waals surface area contributed by atoms with E-state index in [9.17, 15) is 20.2 Å². The molecule has 3 rings (SSSR count). The molecule has 1 heterocycles. The number of hydrogen-bond acceptors (Lipinski definition) is 7. The van der Waals surface area contributed by atoms with Gasteiger partial charge in [0.25, 0.3) is 11.4 Å². The molecule has 120 valence electrons. The molecular weight excluding hydrogens is 332 g/mol. The van der Waals surface area contributed by atoms with Gasteiger partial charge in [-0.3, -0.25) is 25.2 Å². The zero-order valence-electron chi connectivity index (χ0n) is 12.1. The molecule has 2 N–H and O–H groups in total. The van der Waals surface area contributed by atoms with Crippen LogP contribution in [0.3, 0.4) is 0 Å². The van der Waals surface area contributed by atoms with Crippen molar-refractivity contribution in [3.63, 3.8) is 0 Å². The highest BCUT2D eigenvalue weighted by Crippen LogP contribution is 2.41. The Bertz CT molecular complexity index is 972. The number of nitro groups is 2. The first-order chi connectivity index (χ1) is 11.5. The Hall–Kier alpha value is -3.20. The fraction of sp³-hybridized carbons (Fsp3) is 0. The van der Waals surface area contributed by atoms with Crippen molar-refractivity contribution in [2.45, 2.75) is 9.79 Å². The minimum absolute atomic E-state index is 0.116. The minimum Gasteiger partial charge on any atom is -0.393 e. The number of nitrogens with zero attached hydrogens (tertiary/aromatic N) is 3. The summed E-state index contributed by atoms with van der Waals surface area (Å²) in [6.07, 6.45) is 3.32. The number of pyridine rings is 1. The van der Waals surface area contributed by atoms with Crippen LogP contribution in [-0.4, -0.2) is 14.8 Å². The first-order valence-corrected chi connectivity index (χ1v) is 7.52. The standard InChI is InChI=1S/C15H10N4O4S/c16-11-6-15(13(19(22)23)7-12(11)18(20)21)24-14-3-1-2-9-8-17-5-4-10(9)14/h1-8H,16H2. The van der Waals surface area contributed by atoms with Crippen LogP contribution in [0.1, 0.15) is 0 Å². The molecule has 24 heavy (non-hydrogen) atoms. The van der Waals surface area contributed by atoms with E-state index in [1.807, 2.05) is 18.2 Å². The lowest BCUT2D eigenvalue weighted by molar-refractivity contribution is -0.395. The Kier molecular flexibility index (Phi) is 4.00. The van der Waals surface area contributed by atoms with Crippen LogP contribution >= 0.6 is 11.8 Å². The molecule has 0 aliphatic heterocycles. The molecule has 0 unspecified atom stereocenters. The third kappa shape index (κ3) is 2.84. The topological polar surface area (TPSA) is 125 Å². The molecule has 8 nitrogen and oxygen atoms in total. The largest absolute Gasteiger partial charge is 0.393 e. The summed E-state index contributed by atoms with van der Waals surface area (Å²) in [6, 6.07) is 9.47. The Morgan fingerprint density at radius 1 is 1.00 bits per heavy atom. The number of hydrogen-bond donors (Lipinski definition) is 1. The summed E-state index contributed by atoms with van der Waals surface area (Å²) in [6.45, 7) is 0. The second kappa shape index (κ2) is 6.13. The number of nitrogen functional groups attached to an aromatic ring is 1. The van der Waals surface area contributed by atoms with E-state index in [2.05, 4.69) is 4.98 Å². The Morgan fingerprint density at radius 2 is 1.75 bits per heavy atom. The number of benzene rings is 2. The van der Waals surface area contributed by atoms with Gasteiger partial charge in [0.1, 0.15) is 5.69 Å². The highest BCUT2D eigenvalue weighted by molar-refractivity contribution is 7.99. The Labute approximate surface area is 139 Å². The molecule has 0 aliphatic rings. The van der Waals surface area contributed by atoms with Crippen LogP contribution in [-0.2, 0) is 0 Å². The van der Waals surface area contributed by atoms with E-state index < -0.39 is 15.5 Å². The minimum atomic E-state index is -0.736. The van der Waals surface area contributed by atoms with Gasteiger partial charge in [-0.15, -0.1) is 0 Å². The van der Waals surface area contributed by atoms with Crippen LogP contribution in [0.2, 0.25) is 0 Å². The van der Waals surface area contributed by atoms with Crippen molar-refractivity contribution in [1.82, 2.24) is 4.98 Å². The SMILES string of the molecule is Nc1cc(Sc2cccc3cnccc23)c([N+](=O)[O-])cc1[N+](=O)[O-]. The molecule has 3 aromatic rings. The van der Waals surface area contributed by atoms with Crippen molar-refractivity contribution in [2.24, 2.45) is 0 Å². The van der Waals surface area contributed by atoms with Crippen LogP contribution in [0, 0.1) is 20.2 Å². The zero-order valence-corrected chi connectivity index (χ0v) is 12.9. The van der Waals surface area contributed by atoms with E-state index in [-0.39, 0.29) is 16.3 Å². The summed E-state index contributed by atoms with van der Waals surface area (Å²) < 4.78 is 0. The first kappa shape index (κ1) is 15.7. The molecule has 0 spiro atoms. The van der Waals surface area contributed by atoms with Crippen molar-refractivity contribution in [3.8, 4) is 0 Å². The summed E-state index contributed by atoms with van der Waals surface area (Å²) >= 11 is 1.13. The molecule has 0 atom stereocenters. The smallest absolute Gasteiger partial charge is 0.299 e. The van der Waals surface area contributed by atoms with Gasteiger partial charge in [-0.25, -0.2) is 0 Å². The maximum Gasteiger partial charge on any atom is 0.299 e.